The Morgan fingerprint density at radius 1 is 1.21 bits per heavy atom. The van der Waals surface area contributed by atoms with Crippen molar-refractivity contribution < 1.29 is 9.50 Å². The predicted octanol–water partition coefficient (Wildman–Crippen LogP) is 1.00. The molecule has 0 radical (unpaired) electrons. The van der Waals surface area contributed by atoms with Gasteiger partial charge in [0.15, 0.2) is 11.5 Å². The molecule has 0 aliphatic heterocycles. The molecule has 96 valence electrons. The highest BCUT2D eigenvalue weighted by atomic mass is 19.1. The summed E-state index contributed by atoms with van der Waals surface area (Å²) in [6, 6.07) is 7.59. The number of rotatable bonds is 2. The first-order chi connectivity index (χ1) is 9.17. The quantitative estimate of drug-likeness (QED) is 0.716. The topological polar surface area (TPSA) is 89.3 Å². The lowest BCUT2D eigenvalue weighted by Gasteiger charge is -2.03. The van der Waals surface area contributed by atoms with Crippen LogP contribution >= 0.6 is 0 Å². The normalized spacial score (nSPS) is 11.1. The summed E-state index contributed by atoms with van der Waals surface area (Å²) in [7, 11) is 0. The van der Waals surface area contributed by atoms with E-state index in [0.717, 1.165) is 5.56 Å². The number of aliphatic hydroxyl groups is 1. The summed E-state index contributed by atoms with van der Waals surface area (Å²) in [6.07, 6.45) is 0. The second-order valence-corrected chi connectivity index (χ2v) is 3.96. The van der Waals surface area contributed by atoms with Gasteiger partial charge in [0.05, 0.1) is 5.69 Å². The fourth-order valence-electron chi connectivity index (χ4n) is 1.79. The Morgan fingerprint density at radius 3 is 2.63 bits per heavy atom. The van der Waals surface area contributed by atoms with E-state index in [4.69, 9.17) is 10.8 Å². The molecule has 1 aromatic carbocycles. The van der Waals surface area contributed by atoms with Gasteiger partial charge in [-0.15, -0.1) is 5.10 Å². The standard InChI is InChI=1S/C12H10FN5O/c13-8-3-1-7(2-4-8)9-5-11-16-10(6-19)17-18(11)12(14)15-9/h1-5,19H,6H2,(H2,14,15). The minimum absolute atomic E-state index is 0.157. The number of hydrogen-bond acceptors (Lipinski definition) is 5. The number of hydrogen-bond donors (Lipinski definition) is 2. The molecule has 6 nitrogen and oxygen atoms in total. The van der Waals surface area contributed by atoms with Gasteiger partial charge < -0.3 is 10.8 Å². The maximum atomic E-state index is 12.9. The Labute approximate surface area is 107 Å². The minimum Gasteiger partial charge on any atom is -0.388 e. The SMILES string of the molecule is Nc1nc(-c2ccc(F)cc2)cc2nc(CO)nn12. The lowest BCUT2D eigenvalue weighted by molar-refractivity contribution is 0.271. The Balaban J connectivity index is 2.17. The van der Waals surface area contributed by atoms with E-state index in [9.17, 15) is 4.39 Å². The summed E-state index contributed by atoms with van der Waals surface area (Å²) in [5.41, 5.74) is 7.57. The van der Waals surface area contributed by atoms with Crippen LogP contribution in [0.1, 0.15) is 5.82 Å². The molecular formula is C12H10FN5O. The number of nitrogens with zero attached hydrogens (tertiary/aromatic N) is 4. The first-order valence-corrected chi connectivity index (χ1v) is 5.56. The first-order valence-electron chi connectivity index (χ1n) is 5.56. The number of halogens is 1. The van der Waals surface area contributed by atoms with Crippen molar-refractivity contribution in [2.75, 3.05) is 5.73 Å². The lowest BCUT2D eigenvalue weighted by Crippen LogP contribution is -2.03. The minimum atomic E-state index is -0.317. The van der Waals surface area contributed by atoms with Gasteiger partial charge in [0.2, 0.25) is 5.95 Å². The van der Waals surface area contributed by atoms with Gasteiger partial charge >= 0.3 is 0 Å². The molecule has 0 fully saturated rings. The zero-order chi connectivity index (χ0) is 13.4. The highest BCUT2D eigenvalue weighted by Gasteiger charge is 2.09. The van der Waals surface area contributed by atoms with E-state index in [1.165, 1.54) is 16.6 Å². The molecular weight excluding hydrogens is 249 g/mol. The van der Waals surface area contributed by atoms with Gasteiger partial charge in [0.25, 0.3) is 0 Å². The maximum Gasteiger partial charge on any atom is 0.223 e. The van der Waals surface area contributed by atoms with Crippen molar-refractivity contribution >= 4 is 11.6 Å². The summed E-state index contributed by atoms with van der Waals surface area (Å²) in [4.78, 5) is 8.29. The van der Waals surface area contributed by atoms with E-state index in [2.05, 4.69) is 15.1 Å². The molecule has 2 heterocycles. The number of aliphatic hydroxyl groups excluding tert-OH is 1. The number of nitrogen functional groups attached to an aromatic ring is 1. The third kappa shape index (κ3) is 2.00. The van der Waals surface area contributed by atoms with Crippen LogP contribution in [-0.2, 0) is 6.61 Å². The van der Waals surface area contributed by atoms with Crippen LogP contribution in [0.2, 0.25) is 0 Å². The zero-order valence-electron chi connectivity index (χ0n) is 9.79. The Kier molecular flexibility index (Phi) is 2.60. The molecule has 0 saturated heterocycles. The molecule has 0 aliphatic carbocycles. The van der Waals surface area contributed by atoms with Gasteiger partial charge in [-0.2, -0.15) is 4.52 Å². The van der Waals surface area contributed by atoms with Crippen molar-refractivity contribution in [1.29, 1.82) is 0 Å². The third-order valence-electron chi connectivity index (χ3n) is 2.68. The van der Waals surface area contributed by atoms with Gasteiger partial charge in [0.1, 0.15) is 12.4 Å². The second kappa shape index (κ2) is 4.29. The molecule has 0 aliphatic rings. The third-order valence-corrected chi connectivity index (χ3v) is 2.68. The summed E-state index contributed by atoms with van der Waals surface area (Å²) >= 11 is 0. The van der Waals surface area contributed by atoms with Gasteiger partial charge in [0, 0.05) is 11.6 Å². The Morgan fingerprint density at radius 2 is 1.95 bits per heavy atom. The van der Waals surface area contributed by atoms with Crippen LogP contribution in [0.4, 0.5) is 10.3 Å². The van der Waals surface area contributed by atoms with E-state index in [1.807, 2.05) is 0 Å². The van der Waals surface area contributed by atoms with Crippen molar-refractivity contribution in [3.05, 3.63) is 42.0 Å². The predicted molar refractivity (Wildman–Crippen MR) is 66.5 cm³/mol. The van der Waals surface area contributed by atoms with E-state index in [1.54, 1.807) is 18.2 Å². The number of anilines is 1. The van der Waals surface area contributed by atoms with Gasteiger partial charge in [-0.3, -0.25) is 0 Å². The van der Waals surface area contributed by atoms with E-state index in [0.29, 0.717) is 11.3 Å². The van der Waals surface area contributed by atoms with Crippen molar-refractivity contribution in [3.8, 4) is 11.3 Å². The highest BCUT2D eigenvalue weighted by molar-refractivity contribution is 5.65. The molecule has 0 unspecified atom stereocenters. The summed E-state index contributed by atoms with van der Waals surface area (Å²) in [6.45, 7) is -0.271. The molecule has 0 spiro atoms. The Bertz CT molecular complexity index is 738. The van der Waals surface area contributed by atoms with Crippen LogP contribution in [0.25, 0.3) is 16.9 Å². The van der Waals surface area contributed by atoms with Crippen molar-refractivity contribution in [1.82, 2.24) is 19.6 Å². The fourth-order valence-corrected chi connectivity index (χ4v) is 1.79. The Hall–Kier alpha value is -2.54. The molecule has 3 rings (SSSR count). The summed E-state index contributed by atoms with van der Waals surface area (Å²) < 4.78 is 14.2. The maximum absolute atomic E-state index is 12.9. The number of aromatic nitrogens is 4. The number of nitrogens with two attached hydrogens (primary N) is 1. The van der Waals surface area contributed by atoms with Crippen molar-refractivity contribution in [3.63, 3.8) is 0 Å². The van der Waals surface area contributed by atoms with Gasteiger partial charge in [-0.05, 0) is 24.3 Å². The van der Waals surface area contributed by atoms with E-state index >= 15 is 0 Å². The van der Waals surface area contributed by atoms with Crippen LogP contribution in [0, 0.1) is 5.82 Å². The monoisotopic (exact) mass is 259 g/mol. The number of fused-ring (bicyclic) bond motifs is 1. The van der Waals surface area contributed by atoms with Crippen LogP contribution in [0.15, 0.2) is 30.3 Å². The van der Waals surface area contributed by atoms with Crippen molar-refractivity contribution in [2.45, 2.75) is 6.61 Å². The zero-order valence-corrected chi connectivity index (χ0v) is 9.79. The fraction of sp³-hybridized carbons (Fsp3) is 0.0833. The average molecular weight is 259 g/mol. The molecule has 0 bridgehead atoms. The molecule has 7 heteroatoms. The van der Waals surface area contributed by atoms with Crippen LogP contribution in [0.5, 0.6) is 0 Å². The van der Waals surface area contributed by atoms with Gasteiger partial charge in [-0.25, -0.2) is 14.4 Å². The highest BCUT2D eigenvalue weighted by Crippen LogP contribution is 2.20. The summed E-state index contributed by atoms with van der Waals surface area (Å²) in [5.74, 6) is 0.108. The average Bonchev–Trinajstić information content (AvgIpc) is 2.83. The molecule has 0 saturated carbocycles. The number of benzene rings is 1. The van der Waals surface area contributed by atoms with Gasteiger partial charge in [-0.1, -0.05) is 0 Å². The van der Waals surface area contributed by atoms with E-state index in [-0.39, 0.29) is 24.2 Å². The summed E-state index contributed by atoms with van der Waals surface area (Å²) in [5, 5.41) is 13.0. The van der Waals surface area contributed by atoms with Crippen LogP contribution in [0.3, 0.4) is 0 Å². The molecule has 3 N–H and O–H groups in total. The van der Waals surface area contributed by atoms with E-state index < -0.39 is 0 Å². The molecule has 19 heavy (non-hydrogen) atoms. The first kappa shape index (κ1) is 11.5. The van der Waals surface area contributed by atoms with Crippen LogP contribution in [-0.4, -0.2) is 24.7 Å². The molecule has 0 atom stereocenters. The lowest BCUT2D eigenvalue weighted by atomic mass is 10.1. The molecule has 0 amide bonds. The van der Waals surface area contributed by atoms with Crippen molar-refractivity contribution in [2.24, 2.45) is 0 Å². The molecule has 2 aromatic heterocycles. The smallest absolute Gasteiger partial charge is 0.223 e. The largest absolute Gasteiger partial charge is 0.388 e. The van der Waals surface area contributed by atoms with Crippen LogP contribution < -0.4 is 5.73 Å². The second-order valence-electron chi connectivity index (χ2n) is 3.96. The molecule has 3 aromatic rings.